The molecule has 0 aromatic heterocycles. The maximum atomic E-state index is 13.6. The Balaban J connectivity index is 1.85. The fourth-order valence-electron chi connectivity index (χ4n) is 2.66. The molecule has 112 valence electrons. The van der Waals surface area contributed by atoms with Crippen molar-refractivity contribution in [2.75, 3.05) is 33.2 Å². The van der Waals surface area contributed by atoms with Crippen molar-refractivity contribution in [3.63, 3.8) is 0 Å². The number of halogens is 1. The average Bonchev–Trinajstić information content (AvgIpc) is 2.43. The van der Waals surface area contributed by atoms with Gasteiger partial charge in [0.1, 0.15) is 5.82 Å². The summed E-state index contributed by atoms with van der Waals surface area (Å²) in [5.41, 5.74) is 7.76. The molecule has 1 aliphatic heterocycles. The number of rotatable bonds is 4. The normalized spacial score (nSPS) is 22.9. The number of hydrogen-bond acceptors (Lipinski definition) is 3. The predicted molar refractivity (Wildman–Crippen MR) is 81.2 cm³/mol. The van der Waals surface area contributed by atoms with Gasteiger partial charge in [0.05, 0.1) is 0 Å². The van der Waals surface area contributed by atoms with Gasteiger partial charge in [-0.3, -0.25) is 0 Å². The van der Waals surface area contributed by atoms with Crippen LogP contribution in [0.3, 0.4) is 0 Å². The molecule has 0 spiro atoms. The van der Waals surface area contributed by atoms with Crippen molar-refractivity contribution in [1.82, 2.24) is 9.80 Å². The first-order chi connectivity index (χ1) is 9.47. The second-order valence-electron chi connectivity index (χ2n) is 6.03. The van der Waals surface area contributed by atoms with Crippen LogP contribution in [0.2, 0.25) is 0 Å². The molecule has 1 fully saturated rings. The van der Waals surface area contributed by atoms with Crippen molar-refractivity contribution in [2.24, 2.45) is 5.73 Å². The van der Waals surface area contributed by atoms with E-state index in [-0.39, 0.29) is 11.9 Å². The van der Waals surface area contributed by atoms with E-state index in [0.29, 0.717) is 11.6 Å². The van der Waals surface area contributed by atoms with E-state index in [0.717, 1.165) is 38.2 Å². The molecule has 0 bridgehead atoms. The molecule has 0 amide bonds. The molecule has 20 heavy (non-hydrogen) atoms. The molecule has 2 rings (SSSR count). The first-order valence-electron chi connectivity index (χ1n) is 7.41. The molecule has 3 nitrogen and oxygen atoms in total. The third-order valence-corrected chi connectivity index (χ3v) is 4.42. The lowest BCUT2D eigenvalue weighted by atomic mass is 10.0. The van der Waals surface area contributed by atoms with Crippen LogP contribution in [0.25, 0.3) is 0 Å². The Morgan fingerprint density at radius 2 is 2.15 bits per heavy atom. The van der Waals surface area contributed by atoms with Crippen molar-refractivity contribution in [1.29, 1.82) is 0 Å². The smallest absolute Gasteiger partial charge is 0.126 e. The van der Waals surface area contributed by atoms with Gasteiger partial charge in [-0.1, -0.05) is 12.1 Å². The number of nitrogens with zero attached hydrogens (tertiary/aromatic N) is 2. The van der Waals surface area contributed by atoms with Gasteiger partial charge in [0.25, 0.3) is 0 Å². The van der Waals surface area contributed by atoms with Gasteiger partial charge in [-0.2, -0.15) is 0 Å². The zero-order chi connectivity index (χ0) is 14.7. The average molecular weight is 279 g/mol. The van der Waals surface area contributed by atoms with Crippen LogP contribution >= 0.6 is 0 Å². The monoisotopic (exact) mass is 279 g/mol. The quantitative estimate of drug-likeness (QED) is 0.917. The highest BCUT2D eigenvalue weighted by Gasteiger charge is 2.20. The molecule has 1 saturated heterocycles. The van der Waals surface area contributed by atoms with Crippen LogP contribution < -0.4 is 5.73 Å². The topological polar surface area (TPSA) is 32.5 Å². The van der Waals surface area contributed by atoms with Crippen LogP contribution in [0.15, 0.2) is 18.2 Å². The van der Waals surface area contributed by atoms with Crippen molar-refractivity contribution in [3.05, 3.63) is 35.1 Å². The van der Waals surface area contributed by atoms with Crippen LogP contribution in [0, 0.1) is 12.7 Å². The summed E-state index contributed by atoms with van der Waals surface area (Å²) in [7, 11) is 2.17. The summed E-state index contributed by atoms with van der Waals surface area (Å²) in [5.74, 6) is -0.161. The molecule has 0 saturated carbocycles. The standard InChI is InChI=1S/C16H26FN3/c1-12-4-5-14(10-15(12)17)16(18)6-7-20-9-8-19(3)13(2)11-20/h4-5,10,13,16H,6-9,11,18H2,1-3H3. The van der Waals surface area contributed by atoms with Gasteiger partial charge in [0.15, 0.2) is 0 Å². The Bertz CT molecular complexity index is 449. The highest BCUT2D eigenvalue weighted by molar-refractivity contribution is 5.25. The van der Waals surface area contributed by atoms with Gasteiger partial charge < -0.3 is 15.5 Å². The van der Waals surface area contributed by atoms with E-state index in [1.54, 1.807) is 13.0 Å². The Labute approximate surface area is 121 Å². The largest absolute Gasteiger partial charge is 0.324 e. The number of nitrogens with two attached hydrogens (primary N) is 1. The highest BCUT2D eigenvalue weighted by atomic mass is 19.1. The number of benzene rings is 1. The summed E-state index contributed by atoms with van der Waals surface area (Å²) in [4.78, 5) is 4.83. The second-order valence-corrected chi connectivity index (χ2v) is 6.03. The zero-order valence-electron chi connectivity index (χ0n) is 12.8. The van der Waals surface area contributed by atoms with Crippen LogP contribution in [0.4, 0.5) is 4.39 Å². The molecule has 2 unspecified atom stereocenters. The molecule has 2 atom stereocenters. The summed E-state index contributed by atoms with van der Waals surface area (Å²) >= 11 is 0. The first-order valence-corrected chi connectivity index (χ1v) is 7.41. The molecule has 2 N–H and O–H groups in total. The van der Waals surface area contributed by atoms with E-state index in [1.165, 1.54) is 0 Å². The lowest BCUT2D eigenvalue weighted by Gasteiger charge is -2.38. The first kappa shape index (κ1) is 15.4. The third kappa shape index (κ3) is 3.78. The van der Waals surface area contributed by atoms with Crippen molar-refractivity contribution < 1.29 is 4.39 Å². The fourth-order valence-corrected chi connectivity index (χ4v) is 2.66. The van der Waals surface area contributed by atoms with Crippen LogP contribution in [-0.2, 0) is 0 Å². The molecule has 1 aromatic carbocycles. The summed E-state index contributed by atoms with van der Waals surface area (Å²) in [6.07, 6.45) is 0.874. The van der Waals surface area contributed by atoms with Gasteiger partial charge >= 0.3 is 0 Å². The molecular formula is C16H26FN3. The molecular weight excluding hydrogens is 253 g/mol. The van der Waals surface area contributed by atoms with Gasteiger partial charge in [0.2, 0.25) is 0 Å². The van der Waals surface area contributed by atoms with E-state index in [4.69, 9.17) is 5.73 Å². The molecule has 0 radical (unpaired) electrons. The summed E-state index contributed by atoms with van der Waals surface area (Å²) in [5, 5.41) is 0. The van der Waals surface area contributed by atoms with E-state index in [9.17, 15) is 4.39 Å². The Morgan fingerprint density at radius 3 is 2.80 bits per heavy atom. The third-order valence-electron chi connectivity index (χ3n) is 4.42. The van der Waals surface area contributed by atoms with E-state index < -0.39 is 0 Å². The predicted octanol–water partition coefficient (Wildman–Crippen LogP) is 2.16. The Kier molecular flexibility index (Phi) is 5.13. The minimum Gasteiger partial charge on any atom is -0.324 e. The van der Waals surface area contributed by atoms with Gasteiger partial charge in [-0.25, -0.2) is 4.39 Å². The summed E-state index contributed by atoms with van der Waals surface area (Å²) < 4.78 is 13.6. The van der Waals surface area contributed by atoms with Crippen LogP contribution in [0.1, 0.15) is 30.5 Å². The SMILES string of the molecule is Cc1ccc(C(N)CCN2CCN(C)C(C)C2)cc1F. The minimum atomic E-state index is -0.161. The Hall–Kier alpha value is -0.970. The van der Waals surface area contributed by atoms with Crippen LogP contribution in [-0.4, -0.2) is 49.1 Å². The molecule has 1 aliphatic rings. The van der Waals surface area contributed by atoms with E-state index >= 15 is 0 Å². The lowest BCUT2D eigenvalue weighted by Crippen LogP contribution is -2.50. The number of piperazine rings is 1. The maximum Gasteiger partial charge on any atom is 0.126 e. The highest BCUT2D eigenvalue weighted by Crippen LogP contribution is 2.18. The van der Waals surface area contributed by atoms with Crippen molar-refractivity contribution in [3.8, 4) is 0 Å². The molecule has 4 heteroatoms. The lowest BCUT2D eigenvalue weighted by molar-refractivity contribution is 0.103. The van der Waals surface area contributed by atoms with Gasteiger partial charge in [-0.15, -0.1) is 0 Å². The molecule has 1 heterocycles. The Morgan fingerprint density at radius 1 is 1.40 bits per heavy atom. The second kappa shape index (κ2) is 6.66. The maximum absolute atomic E-state index is 13.6. The minimum absolute atomic E-state index is 0.0833. The van der Waals surface area contributed by atoms with Crippen LogP contribution in [0.5, 0.6) is 0 Å². The van der Waals surface area contributed by atoms with Crippen molar-refractivity contribution >= 4 is 0 Å². The number of aryl methyl sites for hydroxylation is 1. The fraction of sp³-hybridized carbons (Fsp3) is 0.625. The zero-order valence-corrected chi connectivity index (χ0v) is 12.8. The van der Waals surface area contributed by atoms with Gasteiger partial charge in [-0.05, 0) is 44.5 Å². The van der Waals surface area contributed by atoms with E-state index in [1.807, 2.05) is 12.1 Å². The molecule has 0 aliphatic carbocycles. The van der Waals surface area contributed by atoms with Gasteiger partial charge in [0, 0.05) is 38.3 Å². The summed E-state index contributed by atoms with van der Waals surface area (Å²) in [6, 6.07) is 5.84. The summed E-state index contributed by atoms with van der Waals surface area (Å²) in [6.45, 7) is 8.30. The van der Waals surface area contributed by atoms with Crippen molar-refractivity contribution in [2.45, 2.75) is 32.4 Å². The number of hydrogen-bond donors (Lipinski definition) is 1. The molecule has 1 aromatic rings. The van der Waals surface area contributed by atoms with E-state index in [2.05, 4.69) is 23.8 Å². The number of likely N-dealkylation sites (N-methyl/N-ethyl adjacent to an activating group) is 1.